The van der Waals surface area contributed by atoms with Gasteiger partial charge in [-0.05, 0) is 31.6 Å². The van der Waals surface area contributed by atoms with Crippen molar-refractivity contribution in [3.63, 3.8) is 0 Å². The Labute approximate surface area is 110 Å². The Morgan fingerprint density at radius 1 is 1.11 bits per heavy atom. The zero-order valence-electron chi connectivity index (χ0n) is 11.1. The third-order valence-corrected chi connectivity index (χ3v) is 6.18. The van der Waals surface area contributed by atoms with E-state index in [0.29, 0.717) is 5.92 Å². The van der Waals surface area contributed by atoms with Crippen LogP contribution in [0.15, 0.2) is 0 Å². The van der Waals surface area contributed by atoms with Gasteiger partial charge in [-0.25, -0.2) is 8.42 Å². The van der Waals surface area contributed by atoms with Gasteiger partial charge in [0.1, 0.15) is 0 Å². The van der Waals surface area contributed by atoms with E-state index in [1.165, 1.54) is 6.26 Å². The number of aliphatic hydroxyl groups excluding tert-OH is 1. The molecule has 0 heterocycles. The van der Waals surface area contributed by atoms with Crippen LogP contribution in [-0.2, 0) is 9.84 Å². The van der Waals surface area contributed by atoms with E-state index in [9.17, 15) is 13.5 Å². The summed E-state index contributed by atoms with van der Waals surface area (Å²) in [6, 6.07) is 0.0848. The standard InChI is InChI=1S/C13H25NO3S/c1-18(16,17)13-8-3-2-6-11(13)14-9-10-5-4-7-12(10)15/h10-15H,2-9H2,1H3. The number of aliphatic hydroxyl groups is 1. The SMILES string of the molecule is CS(=O)(=O)C1CCCCC1NCC1CCCC1O. The van der Waals surface area contributed by atoms with Gasteiger partial charge in [-0.1, -0.05) is 19.3 Å². The number of rotatable bonds is 4. The molecule has 2 fully saturated rings. The summed E-state index contributed by atoms with van der Waals surface area (Å²) in [5.74, 6) is 0.312. The van der Waals surface area contributed by atoms with Crippen molar-refractivity contribution in [3.8, 4) is 0 Å². The molecule has 0 saturated heterocycles. The highest BCUT2D eigenvalue weighted by Crippen LogP contribution is 2.27. The van der Waals surface area contributed by atoms with Crippen molar-refractivity contribution < 1.29 is 13.5 Å². The van der Waals surface area contributed by atoms with E-state index in [4.69, 9.17) is 0 Å². The molecule has 0 aromatic rings. The second-order valence-electron chi connectivity index (χ2n) is 5.93. The third-order valence-electron chi connectivity index (χ3n) is 4.51. The molecule has 2 N–H and O–H groups in total. The summed E-state index contributed by atoms with van der Waals surface area (Å²) in [6.45, 7) is 0.762. The van der Waals surface area contributed by atoms with Crippen molar-refractivity contribution in [2.45, 2.75) is 62.3 Å². The molecule has 4 unspecified atom stereocenters. The van der Waals surface area contributed by atoms with Gasteiger partial charge in [0.25, 0.3) is 0 Å². The van der Waals surface area contributed by atoms with Gasteiger partial charge in [-0.2, -0.15) is 0 Å². The number of hydrogen-bond acceptors (Lipinski definition) is 4. The predicted molar refractivity (Wildman–Crippen MR) is 72.2 cm³/mol. The van der Waals surface area contributed by atoms with Crippen LogP contribution in [0.4, 0.5) is 0 Å². The molecule has 0 aromatic carbocycles. The molecule has 2 aliphatic carbocycles. The Kier molecular flexibility index (Phi) is 4.67. The second kappa shape index (κ2) is 5.88. The number of sulfone groups is 1. The maximum atomic E-state index is 11.8. The molecule has 2 saturated carbocycles. The molecule has 0 amide bonds. The molecule has 0 aliphatic heterocycles. The highest BCUT2D eigenvalue weighted by molar-refractivity contribution is 7.91. The normalized spacial score (nSPS) is 37.9. The first-order valence-corrected chi connectivity index (χ1v) is 9.04. The molecule has 2 aliphatic rings. The molecule has 2 rings (SSSR count). The van der Waals surface area contributed by atoms with E-state index in [-0.39, 0.29) is 17.4 Å². The summed E-state index contributed by atoms with van der Waals surface area (Å²) in [5, 5.41) is 13.0. The predicted octanol–water partition coefficient (Wildman–Crippen LogP) is 1.09. The van der Waals surface area contributed by atoms with Crippen LogP contribution in [0.1, 0.15) is 44.9 Å². The lowest BCUT2D eigenvalue weighted by Crippen LogP contribution is -2.47. The lowest BCUT2D eigenvalue weighted by molar-refractivity contribution is 0.128. The van der Waals surface area contributed by atoms with Crippen LogP contribution in [0.5, 0.6) is 0 Å². The zero-order valence-corrected chi connectivity index (χ0v) is 12.0. The minimum atomic E-state index is -2.96. The molecule has 0 bridgehead atoms. The zero-order chi connectivity index (χ0) is 13.2. The maximum absolute atomic E-state index is 11.8. The van der Waals surface area contributed by atoms with Crippen molar-refractivity contribution in [3.05, 3.63) is 0 Å². The van der Waals surface area contributed by atoms with Crippen LogP contribution in [-0.4, -0.2) is 43.7 Å². The van der Waals surface area contributed by atoms with Crippen molar-refractivity contribution in [2.24, 2.45) is 5.92 Å². The molecule has 4 atom stereocenters. The summed E-state index contributed by atoms with van der Waals surface area (Å²) in [4.78, 5) is 0. The number of nitrogens with one attached hydrogen (secondary N) is 1. The van der Waals surface area contributed by atoms with Gasteiger partial charge in [-0.3, -0.25) is 0 Å². The summed E-state index contributed by atoms with van der Waals surface area (Å²) >= 11 is 0. The van der Waals surface area contributed by atoms with Crippen molar-refractivity contribution in [1.82, 2.24) is 5.32 Å². The van der Waals surface area contributed by atoms with Crippen LogP contribution in [0, 0.1) is 5.92 Å². The second-order valence-corrected chi connectivity index (χ2v) is 8.19. The fourth-order valence-electron chi connectivity index (χ4n) is 3.40. The van der Waals surface area contributed by atoms with Crippen LogP contribution < -0.4 is 5.32 Å². The van der Waals surface area contributed by atoms with Crippen molar-refractivity contribution in [2.75, 3.05) is 12.8 Å². The van der Waals surface area contributed by atoms with Crippen molar-refractivity contribution in [1.29, 1.82) is 0 Å². The summed E-state index contributed by atoms with van der Waals surface area (Å²) in [6.07, 6.45) is 8.05. The molecule has 18 heavy (non-hydrogen) atoms. The first kappa shape index (κ1) is 14.3. The topological polar surface area (TPSA) is 66.4 Å². The van der Waals surface area contributed by atoms with Gasteiger partial charge < -0.3 is 10.4 Å². The van der Waals surface area contributed by atoms with Gasteiger partial charge in [0.2, 0.25) is 0 Å². The fraction of sp³-hybridized carbons (Fsp3) is 1.00. The summed E-state index contributed by atoms with van der Waals surface area (Å²) in [5.41, 5.74) is 0. The summed E-state index contributed by atoms with van der Waals surface area (Å²) < 4.78 is 23.5. The molecule has 0 aromatic heterocycles. The Balaban J connectivity index is 1.90. The number of hydrogen-bond donors (Lipinski definition) is 2. The van der Waals surface area contributed by atoms with Crippen molar-refractivity contribution >= 4 is 9.84 Å². The molecule has 106 valence electrons. The molecular weight excluding hydrogens is 250 g/mol. The van der Waals surface area contributed by atoms with Gasteiger partial charge in [0.15, 0.2) is 9.84 Å². The van der Waals surface area contributed by atoms with Crippen LogP contribution in [0.25, 0.3) is 0 Å². The first-order valence-electron chi connectivity index (χ1n) is 7.09. The van der Waals surface area contributed by atoms with E-state index in [1.54, 1.807) is 0 Å². The maximum Gasteiger partial charge on any atom is 0.151 e. The average Bonchev–Trinajstić information content (AvgIpc) is 2.71. The van der Waals surface area contributed by atoms with Gasteiger partial charge in [0, 0.05) is 18.8 Å². The molecule has 4 nitrogen and oxygen atoms in total. The summed E-state index contributed by atoms with van der Waals surface area (Å²) in [7, 11) is -2.96. The van der Waals surface area contributed by atoms with E-state index < -0.39 is 9.84 Å². The fourth-order valence-corrected chi connectivity index (χ4v) is 4.82. The average molecular weight is 275 g/mol. The first-order chi connectivity index (χ1) is 8.48. The van der Waals surface area contributed by atoms with E-state index in [0.717, 1.165) is 51.5 Å². The van der Waals surface area contributed by atoms with E-state index >= 15 is 0 Å². The Hall–Kier alpha value is -0.130. The molecular formula is C13H25NO3S. The smallest absolute Gasteiger partial charge is 0.151 e. The van der Waals surface area contributed by atoms with Crippen LogP contribution in [0.2, 0.25) is 0 Å². The molecule has 0 spiro atoms. The van der Waals surface area contributed by atoms with Gasteiger partial charge in [0.05, 0.1) is 11.4 Å². The van der Waals surface area contributed by atoms with Gasteiger partial charge >= 0.3 is 0 Å². The van der Waals surface area contributed by atoms with E-state index in [1.807, 2.05) is 0 Å². The Morgan fingerprint density at radius 2 is 1.83 bits per heavy atom. The minimum absolute atomic E-state index is 0.0848. The quantitative estimate of drug-likeness (QED) is 0.806. The monoisotopic (exact) mass is 275 g/mol. The minimum Gasteiger partial charge on any atom is -0.393 e. The molecule has 5 heteroatoms. The third kappa shape index (κ3) is 3.45. The largest absolute Gasteiger partial charge is 0.393 e. The lowest BCUT2D eigenvalue weighted by Gasteiger charge is -2.32. The lowest BCUT2D eigenvalue weighted by atomic mass is 9.94. The Bertz CT molecular complexity index is 368. The highest BCUT2D eigenvalue weighted by Gasteiger charge is 2.33. The van der Waals surface area contributed by atoms with Crippen LogP contribution in [0.3, 0.4) is 0 Å². The van der Waals surface area contributed by atoms with E-state index in [2.05, 4.69) is 5.32 Å². The Morgan fingerprint density at radius 3 is 2.44 bits per heavy atom. The molecule has 0 radical (unpaired) electrons. The highest BCUT2D eigenvalue weighted by atomic mass is 32.2. The van der Waals surface area contributed by atoms with Gasteiger partial charge in [-0.15, -0.1) is 0 Å². The van der Waals surface area contributed by atoms with Crippen LogP contribution >= 0.6 is 0 Å².